The lowest BCUT2D eigenvalue weighted by Crippen LogP contribution is -2.43. The average Bonchev–Trinajstić information content (AvgIpc) is 2.30. The van der Waals surface area contributed by atoms with Crippen molar-refractivity contribution in [2.24, 2.45) is 0 Å². The number of nitrogens with two attached hydrogens (primary N) is 1. The molecule has 0 radical (unpaired) electrons. The van der Waals surface area contributed by atoms with Crippen molar-refractivity contribution in [1.29, 1.82) is 0 Å². The minimum absolute atomic E-state index is 0.242. The van der Waals surface area contributed by atoms with Crippen LogP contribution in [0.3, 0.4) is 0 Å². The number of benzene rings is 1. The second kappa shape index (κ2) is 4.14. The molecule has 0 aromatic heterocycles. The van der Waals surface area contributed by atoms with Gasteiger partial charge in [0.15, 0.2) is 0 Å². The number of ether oxygens (including phenoxy) is 1. The highest BCUT2D eigenvalue weighted by Gasteiger charge is 2.42. The second-order valence-corrected chi connectivity index (χ2v) is 4.17. The number of hydrogen-bond donors (Lipinski definition) is 2. The first kappa shape index (κ1) is 11.0. The summed E-state index contributed by atoms with van der Waals surface area (Å²) in [5, 5.41) is 9.40. The van der Waals surface area contributed by atoms with Crippen LogP contribution in [0.2, 0.25) is 0 Å². The number of rotatable bonds is 2. The fourth-order valence-corrected chi connectivity index (χ4v) is 2.12. The molecule has 0 spiro atoms. The molecular formula is C12H15NO3. The van der Waals surface area contributed by atoms with E-state index in [0.717, 1.165) is 12.0 Å². The van der Waals surface area contributed by atoms with Crippen LogP contribution in [0.1, 0.15) is 18.4 Å². The third-order valence-corrected chi connectivity index (χ3v) is 3.11. The molecule has 1 unspecified atom stereocenters. The Morgan fingerprint density at radius 2 is 2.06 bits per heavy atom. The zero-order chi connectivity index (χ0) is 11.6. The van der Waals surface area contributed by atoms with Crippen LogP contribution in [0.4, 0.5) is 5.69 Å². The van der Waals surface area contributed by atoms with Crippen molar-refractivity contribution < 1.29 is 14.6 Å². The van der Waals surface area contributed by atoms with E-state index < -0.39 is 11.4 Å². The van der Waals surface area contributed by atoms with E-state index in [4.69, 9.17) is 10.5 Å². The van der Waals surface area contributed by atoms with Gasteiger partial charge in [0.05, 0.1) is 6.61 Å². The van der Waals surface area contributed by atoms with Crippen molar-refractivity contribution in [3.05, 3.63) is 29.8 Å². The quantitative estimate of drug-likeness (QED) is 0.740. The molecule has 1 aliphatic rings. The Kier molecular flexibility index (Phi) is 2.83. The van der Waals surface area contributed by atoms with Crippen molar-refractivity contribution >= 4 is 11.7 Å². The minimum Gasteiger partial charge on any atom is -0.481 e. The number of anilines is 1. The Morgan fingerprint density at radius 1 is 1.38 bits per heavy atom. The SMILES string of the molecule is Nc1ccc(C2(C(=O)O)CCCOC2)cc1. The number of nitrogen functional groups attached to an aromatic ring is 1. The van der Waals surface area contributed by atoms with Crippen molar-refractivity contribution in [1.82, 2.24) is 0 Å². The van der Waals surface area contributed by atoms with E-state index in [1.165, 1.54) is 0 Å². The van der Waals surface area contributed by atoms with Crippen molar-refractivity contribution in [2.75, 3.05) is 18.9 Å². The van der Waals surface area contributed by atoms with E-state index in [2.05, 4.69) is 0 Å². The van der Waals surface area contributed by atoms with E-state index in [1.807, 2.05) is 0 Å². The Labute approximate surface area is 94.0 Å². The summed E-state index contributed by atoms with van der Waals surface area (Å²) in [4.78, 5) is 11.5. The van der Waals surface area contributed by atoms with Crippen LogP contribution in [0, 0.1) is 0 Å². The highest BCUT2D eigenvalue weighted by Crippen LogP contribution is 2.33. The molecule has 1 atom stereocenters. The van der Waals surface area contributed by atoms with Gasteiger partial charge in [0.2, 0.25) is 0 Å². The normalized spacial score (nSPS) is 25.2. The topological polar surface area (TPSA) is 72.6 Å². The van der Waals surface area contributed by atoms with Crippen LogP contribution >= 0.6 is 0 Å². The van der Waals surface area contributed by atoms with Gasteiger partial charge < -0.3 is 15.6 Å². The van der Waals surface area contributed by atoms with Gasteiger partial charge in [-0.3, -0.25) is 4.79 Å². The van der Waals surface area contributed by atoms with Crippen LogP contribution < -0.4 is 5.73 Å². The van der Waals surface area contributed by atoms with Gasteiger partial charge in [0.1, 0.15) is 5.41 Å². The number of carbonyl (C=O) groups is 1. The van der Waals surface area contributed by atoms with Gasteiger partial charge in [-0.15, -0.1) is 0 Å². The van der Waals surface area contributed by atoms with Gasteiger partial charge >= 0.3 is 5.97 Å². The predicted molar refractivity (Wildman–Crippen MR) is 60.2 cm³/mol. The van der Waals surface area contributed by atoms with Crippen LogP contribution in [0.5, 0.6) is 0 Å². The molecule has 1 aromatic carbocycles. The van der Waals surface area contributed by atoms with E-state index in [0.29, 0.717) is 18.7 Å². The average molecular weight is 221 g/mol. The number of aliphatic carboxylic acids is 1. The first-order valence-electron chi connectivity index (χ1n) is 5.32. The Balaban J connectivity index is 2.38. The molecule has 4 nitrogen and oxygen atoms in total. The highest BCUT2D eigenvalue weighted by molar-refractivity contribution is 5.82. The molecule has 0 amide bonds. The molecule has 0 saturated carbocycles. The first-order chi connectivity index (χ1) is 7.65. The van der Waals surface area contributed by atoms with E-state index >= 15 is 0 Å². The molecule has 1 fully saturated rings. The zero-order valence-electron chi connectivity index (χ0n) is 8.98. The largest absolute Gasteiger partial charge is 0.481 e. The molecule has 1 heterocycles. The molecule has 0 bridgehead atoms. The summed E-state index contributed by atoms with van der Waals surface area (Å²) >= 11 is 0. The summed E-state index contributed by atoms with van der Waals surface area (Å²) < 4.78 is 5.32. The molecule has 86 valence electrons. The molecule has 16 heavy (non-hydrogen) atoms. The summed E-state index contributed by atoms with van der Waals surface area (Å²) in [7, 11) is 0. The number of hydrogen-bond acceptors (Lipinski definition) is 3. The lowest BCUT2D eigenvalue weighted by molar-refractivity contribution is -0.149. The van der Waals surface area contributed by atoms with E-state index in [9.17, 15) is 9.90 Å². The molecule has 4 heteroatoms. The van der Waals surface area contributed by atoms with Gasteiger partial charge in [-0.25, -0.2) is 0 Å². The fourth-order valence-electron chi connectivity index (χ4n) is 2.12. The minimum atomic E-state index is -0.897. The summed E-state index contributed by atoms with van der Waals surface area (Å²) in [6.45, 7) is 0.885. The summed E-state index contributed by atoms with van der Waals surface area (Å²) in [5.74, 6) is -0.822. The third kappa shape index (κ3) is 1.76. The monoisotopic (exact) mass is 221 g/mol. The van der Waals surface area contributed by atoms with Crippen molar-refractivity contribution in [3.63, 3.8) is 0 Å². The number of carboxylic acid groups (broad SMARTS) is 1. The second-order valence-electron chi connectivity index (χ2n) is 4.17. The molecule has 3 N–H and O–H groups in total. The smallest absolute Gasteiger partial charge is 0.316 e. The third-order valence-electron chi connectivity index (χ3n) is 3.11. The fraction of sp³-hybridized carbons (Fsp3) is 0.417. The lowest BCUT2D eigenvalue weighted by atomic mass is 9.76. The Hall–Kier alpha value is -1.55. The molecule has 1 aromatic rings. The maximum absolute atomic E-state index is 11.5. The maximum Gasteiger partial charge on any atom is 0.316 e. The lowest BCUT2D eigenvalue weighted by Gasteiger charge is -2.33. The van der Waals surface area contributed by atoms with Gasteiger partial charge in [-0.2, -0.15) is 0 Å². The van der Waals surface area contributed by atoms with E-state index in [1.54, 1.807) is 24.3 Å². The highest BCUT2D eigenvalue weighted by atomic mass is 16.5. The van der Waals surface area contributed by atoms with E-state index in [-0.39, 0.29) is 6.61 Å². The van der Waals surface area contributed by atoms with Crippen molar-refractivity contribution in [2.45, 2.75) is 18.3 Å². The van der Waals surface area contributed by atoms with Crippen LogP contribution in [0.25, 0.3) is 0 Å². The summed E-state index contributed by atoms with van der Waals surface area (Å²) in [6.07, 6.45) is 1.39. The van der Waals surface area contributed by atoms with Gasteiger partial charge in [-0.05, 0) is 30.5 Å². The van der Waals surface area contributed by atoms with Gasteiger partial charge in [-0.1, -0.05) is 12.1 Å². The molecule has 2 rings (SSSR count). The Bertz CT molecular complexity index is 380. The standard InChI is InChI=1S/C12H15NO3/c13-10-4-2-9(3-5-10)12(11(14)15)6-1-7-16-8-12/h2-5H,1,6-8,13H2,(H,14,15). The first-order valence-corrected chi connectivity index (χ1v) is 5.32. The van der Waals surface area contributed by atoms with Crippen LogP contribution in [-0.4, -0.2) is 24.3 Å². The van der Waals surface area contributed by atoms with Crippen LogP contribution in [0.15, 0.2) is 24.3 Å². The summed E-state index contributed by atoms with van der Waals surface area (Å²) in [5.41, 5.74) is 6.11. The molecule has 1 aliphatic heterocycles. The van der Waals surface area contributed by atoms with Gasteiger partial charge in [0, 0.05) is 12.3 Å². The van der Waals surface area contributed by atoms with Crippen molar-refractivity contribution in [3.8, 4) is 0 Å². The van der Waals surface area contributed by atoms with Gasteiger partial charge in [0.25, 0.3) is 0 Å². The van der Waals surface area contributed by atoms with Crippen LogP contribution in [-0.2, 0) is 14.9 Å². The maximum atomic E-state index is 11.5. The Morgan fingerprint density at radius 3 is 2.56 bits per heavy atom. The summed E-state index contributed by atoms with van der Waals surface area (Å²) in [6, 6.07) is 7.01. The molecule has 0 aliphatic carbocycles. The molecule has 1 saturated heterocycles. The molecular weight excluding hydrogens is 206 g/mol. The number of carboxylic acids is 1. The zero-order valence-corrected chi connectivity index (χ0v) is 8.98. The predicted octanol–water partition coefficient (Wildman–Crippen LogP) is 1.40.